The first-order chi connectivity index (χ1) is 30.7. The van der Waals surface area contributed by atoms with E-state index in [2.05, 4.69) is 140 Å². The number of para-hydroxylation sites is 3. The predicted molar refractivity (Wildman–Crippen MR) is 252 cm³/mol. The second kappa shape index (κ2) is 14.7. The van der Waals surface area contributed by atoms with Gasteiger partial charge in [-0.15, -0.1) is 0 Å². The van der Waals surface area contributed by atoms with Crippen molar-refractivity contribution in [2.45, 2.75) is 0 Å². The van der Waals surface area contributed by atoms with E-state index in [-0.39, 0.29) is 0 Å². The Kier molecular flexibility index (Phi) is 8.42. The predicted octanol–water partition coefficient (Wildman–Crippen LogP) is 15.3. The molecule has 5 heteroatoms. The highest BCUT2D eigenvalue weighted by molar-refractivity contribution is 6.13. The van der Waals surface area contributed by atoms with Gasteiger partial charge in [-0.25, -0.2) is 15.0 Å². The summed E-state index contributed by atoms with van der Waals surface area (Å²) in [5.41, 5.74) is 15.3. The Bertz CT molecular complexity index is 3530. The fourth-order valence-electron chi connectivity index (χ4n) is 8.61. The summed E-state index contributed by atoms with van der Waals surface area (Å²) >= 11 is 0. The molecular weight excluding hydrogens is 759 g/mol. The minimum atomic E-state index is 0.641. The lowest BCUT2D eigenvalue weighted by Crippen LogP contribution is -2.00. The zero-order valence-corrected chi connectivity index (χ0v) is 33.4. The molecule has 3 aromatic heterocycles. The van der Waals surface area contributed by atoms with Crippen LogP contribution in [0, 0.1) is 0 Å². The summed E-state index contributed by atoms with van der Waals surface area (Å²) in [5, 5.41) is 4.42. The quantitative estimate of drug-likeness (QED) is 0.161. The third kappa shape index (κ3) is 6.23. The van der Waals surface area contributed by atoms with Gasteiger partial charge in [0.15, 0.2) is 17.5 Å². The van der Waals surface area contributed by atoms with E-state index >= 15 is 0 Å². The molecule has 0 aliphatic heterocycles. The van der Waals surface area contributed by atoms with Crippen LogP contribution in [-0.2, 0) is 0 Å². The molecule has 12 rings (SSSR count). The molecule has 290 valence electrons. The van der Waals surface area contributed by atoms with E-state index in [1.807, 2.05) is 72.8 Å². The van der Waals surface area contributed by atoms with Crippen molar-refractivity contribution in [3.63, 3.8) is 0 Å². The molecule has 3 heterocycles. The minimum absolute atomic E-state index is 0.641. The summed E-state index contributed by atoms with van der Waals surface area (Å²) in [6, 6.07) is 73.5. The highest BCUT2D eigenvalue weighted by atomic mass is 16.3. The van der Waals surface area contributed by atoms with Crippen LogP contribution in [0.4, 0.5) is 0 Å². The lowest BCUT2D eigenvalue weighted by molar-refractivity contribution is 0.669. The standard InChI is InChI=1S/C57H35N3O2/c1-3-11-41(12-4-1)55-58-56(42-13-5-2-6-14-42)60-57(59-55)43-31-27-39(28-32-43)37-23-21-36(22-24-37)38-25-29-40(30-26-38)45-16-9-19-49-50-35-44(33-34-52(50)62-53(45)49)46-17-10-18-48-47-15-7-8-20-51(47)61-54(46)48/h1-35H. The lowest BCUT2D eigenvalue weighted by Gasteiger charge is -2.09. The van der Waals surface area contributed by atoms with Crippen LogP contribution in [0.15, 0.2) is 221 Å². The summed E-state index contributed by atoms with van der Waals surface area (Å²) < 4.78 is 13.0. The Morgan fingerprint density at radius 2 is 0.613 bits per heavy atom. The number of nitrogens with zero attached hydrogens (tertiary/aromatic N) is 3. The van der Waals surface area contributed by atoms with Crippen molar-refractivity contribution >= 4 is 43.9 Å². The zero-order chi connectivity index (χ0) is 41.0. The molecular formula is C57H35N3O2. The average molecular weight is 794 g/mol. The maximum absolute atomic E-state index is 6.58. The van der Waals surface area contributed by atoms with Crippen LogP contribution in [0.25, 0.3) is 123 Å². The van der Waals surface area contributed by atoms with Crippen LogP contribution in [0.2, 0.25) is 0 Å². The third-order valence-corrected chi connectivity index (χ3v) is 11.8. The number of furan rings is 2. The van der Waals surface area contributed by atoms with Crippen LogP contribution >= 0.6 is 0 Å². The van der Waals surface area contributed by atoms with Gasteiger partial charge in [-0.3, -0.25) is 0 Å². The average Bonchev–Trinajstić information content (AvgIpc) is 3.93. The molecule has 0 saturated heterocycles. The van der Waals surface area contributed by atoms with E-state index in [0.717, 1.165) is 105 Å². The van der Waals surface area contributed by atoms with E-state index in [4.69, 9.17) is 23.8 Å². The SMILES string of the molecule is c1ccc(-c2nc(-c3ccccc3)nc(-c3ccc(-c4ccc(-c5ccc(-c6cccc7c6oc6ccc(-c8cccc9c8oc8ccccc89)cc67)cc5)cc4)cc3)n2)cc1. The van der Waals surface area contributed by atoms with Gasteiger partial charge in [-0.2, -0.15) is 0 Å². The molecule has 9 aromatic carbocycles. The summed E-state index contributed by atoms with van der Waals surface area (Å²) in [6.45, 7) is 0. The normalized spacial score (nSPS) is 11.5. The molecule has 0 N–H and O–H groups in total. The van der Waals surface area contributed by atoms with Crippen molar-refractivity contribution in [2.75, 3.05) is 0 Å². The minimum Gasteiger partial charge on any atom is -0.455 e. The van der Waals surface area contributed by atoms with Gasteiger partial charge in [0, 0.05) is 49.4 Å². The molecule has 0 aliphatic carbocycles. The Labute approximate surface area is 357 Å². The molecule has 0 aliphatic rings. The van der Waals surface area contributed by atoms with Crippen molar-refractivity contribution in [1.29, 1.82) is 0 Å². The van der Waals surface area contributed by atoms with Crippen molar-refractivity contribution in [2.24, 2.45) is 0 Å². The Balaban J connectivity index is 0.807. The molecule has 0 unspecified atom stereocenters. The maximum atomic E-state index is 6.58. The largest absolute Gasteiger partial charge is 0.455 e. The van der Waals surface area contributed by atoms with Crippen molar-refractivity contribution in [3.05, 3.63) is 212 Å². The topological polar surface area (TPSA) is 65.0 Å². The number of benzene rings is 9. The smallest absolute Gasteiger partial charge is 0.164 e. The van der Waals surface area contributed by atoms with Gasteiger partial charge < -0.3 is 8.83 Å². The summed E-state index contributed by atoms with van der Waals surface area (Å²) in [5.74, 6) is 1.94. The van der Waals surface area contributed by atoms with Gasteiger partial charge in [-0.05, 0) is 51.6 Å². The van der Waals surface area contributed by atoms with Crippen LogP contribution in [-0.4, -0.2) is 15.0 Å². The molecule has 0 atom stereocenters. The molecule has 5 nitrogen and oxygen atoms in total. The summed E-state index contributed by atoms with van der Waals surface area (Å²) in [7, 11) is 0. The van der Waals surface area contributed by atoms with Crippen molar-refractivity contribution in [3.8, 4) is 78.7 Å². The number of aromatic nitrogens is 3. The summed E-state index contributed by atoms with van der Waals surface area (Å²) in [6.07, 6.45) is 0. The highest BCUT2D eigenvalue weighted by Gasteiger charge is 2.17. The van der Waals surface area contributed by atoms with E-state index < -0.39 is 0 Å². The first-order valence-electron chi connectivity index (χ1n) is 20.7. The van der Waals surface area contributed by atoms with Gasteiger partial charge >= 0.3 is 0 Å². The fraction of sp³-hybridized carbons (Fsp3) is 0. The Morgan fingerprint density at radius 3 is 1.15 bits per heavy atom. The molecule has 0 saturated carbocycles. The summed E-state index contributed by atoms with van der Waals surface area (Å²) in [4.78, 5) is 14.6. The maximum Gasteiger partial charge on any atom is 0.164 e. The molecule has 0 bridgehead atoms. The van der Waals surface area contributed by atoms with E-state index in [1.165, 1.54) is 0 Å². The fourth-order valence-corrected chi connectivity index (χ4v) is 8.61. The van der Waals surface area contributed by atoms with E-state index in [0.29, 0.717) is 17.5 Å². The van der Waals surface area contributed by atoms with Gasteiger partial charge in [0.05, 0.1) is 0 Å². The first-order valence-corrected chi connectivity index (χ1v) is 20.7. The van der Waals surface area contributed by atoms with Crippen molar-refractivity contribution in [1.82, 2.24) is 15.0 Å². The first kappa shape index (κ1) is 35.5. The van der Waals surface area contributed by atoms with Crippen molar-refractivity contribution < 1.29 is 8.83 Å². The van der Waals surface area contributed by atoms with Gasteiger partial charge in [0.1, 0.15) is 22.3 Å². The lowest BCUT2D eigenvalue weighted by atomic mass is 9.96. The molecule has 0 amide bonds. The van der Waals surface area contributed by atoms with E-state index in [9.17, 15) is 0 Å². The third-order valence-electron chi connectivity index (χ3n) is 11.8. The van der Waals surface area contributed by atoms with Crippen LogP contribution in [0.3, 0.4) is 0 Å². The van der Waals surface area contributed by atoms with Crippen LogP contribution in [0.5, 0.6) is 0 Å². The van der Waals surface area contributed by atoms with Gasteiger partial charge in [0.25, 0.3) is 0 Å². The van der Waals surface area contributed by atoms with Crippen LogP contribution in [0.1, 0.15) is 0 Å². The van der Waals surface area contributed by atoms with Crippen LogP contribution < -0.4 is 0 Å². The van der Waals surface area contributed by atoms with Gasteiger partial charge in [-0.1, -0.05) is 194 Å². The second-order valence-electron chi connectivity index (χ2n) is 15.5. The highest BCUT2D eigenvalue weighted by Crippen LogP contribution is 2.41. The molecule has 12 aromatic rings. The molecule has 0 fully saturated rings. The molecule has 62 heavy (non-hydrogen) atoms. The Hall–Kier alpha value is -8.41. The molecule has 0 radical (unpaired) electrons. The number of rotatable bonds is 7. The zero-order valence-electron chi connectivity index (χ0n) is 33.4. The van der Waals surface area contributed by atoms with Gasteiger partial charge in [0.2, 0.25) is 0 Å². The molecule has 0 spiro atoms. The number of fused-ring (bicyclic) bond motifs is 6. The monoisotopic (exact) mass is 793 g/mol. The van der Waals surface area contributed by atoms with E-state index in [1.54, 1.807) is 0 Å². The Morgan fingerprint density at radius 1 is 0.242 bits per heavy atom. The number of hydrogen-bond acceptors (Lipinski definition) is 5. The number of hydrogen-bond donors (Lipinski definition) is 0. The second-order valence-corrected chi connectivity index (χ2v) is 15.5.